The fourth-order valence-corrected chi connectivity index (χ4v) is 3.32. The number of unbranched alkanes of at least 4 members (excludes halogenated alkanes) is 1. The van der Waals surface area contributed by atoms with Crippen LogP contribution in [0.15, 0.2) is 42.5 Å². The Hall–Kier alpha value is -2.24. The van der Waals surface area contributed by atoms with Gasteiger partial charge in [0, 0.05) is 13.1 Å². The number of ether oxygens (including phenoxy) is 1. The molecule has 2 aromatic rings. The van der Waals surface area contributed by atoms with E-state index in [0.29, 0.717) is 22.3 Å². The normalized spacial score (nSPS) is 11.6. The fourth-order valence-electron chi connectivity index (χ4n) is 3.00. The smallest absolute Gasteiger partial charge is 0.261 e. The third kappa shape index (κ3) is 7.75. The summed E-state index contributed by atoms with van der Waals surface area (Å²) < 4.78 is 5.69. The van der Waals surface area contributed by atoms with Crippen molar-refractivity contribution in [2.24, 2.45) is 0 Å². The van der Waals surface area contributed by atoms with Crippen molar-refractivity contribution in [3.63, 3.8) is 0 Å². The highest BCUT2D eigenvalue weighted by Crippen LogP contribution is 2.24. The number of benzene rings is 2. The summed E-state index contributed by atoms with van der Waals surface area (Å²) in [6.45, 7) is 6.48. The minimum atomic E-state index is -0.662. The van der Waals surface area contributed by atoms with Gasteiger partial charge in [-0.3, -0.25) is 9.59 Å². The molecule has 0 fully saturated rings. The molecule has 0 saturated carbocycles. The van der Waals surface area contributed by atoms with Crippen molar-refractivity contribution < 1.29 is 14.3 Å². The highest BCUT2D eigenvalue weighted by molar-refractivity contribution is 6.42. The lowest BCUT2D eigenvalue weighted by Crippen LogP contribution is -2.49. The number of carbonyl (C=O) groups is 2. The lowest BCUT2D eigenvalue weighted by Gasteiger charge is -2.29. The molecule has 1 N–H and O–H groups in total. The Morgan fingerprint density at radius 1 is 1.03 bits per heavy atom. The molecule has 0 aliphatic carbocycles. The molecule has 0 bridgehead atoms. The Morgan fingerprint density at radius 2 is 1.71 bits per heavy atom. The van der Waals surface area contributed by atoms with E-state index in [0.717, 1.165) is 24.8 Å². The highest BCUT2D eigenvalue weighted by Gasteiger charge is 2.26. The molecule has 5 nitrogen and oxygen atoms in total. The number of amides is 2. The van der Waals surface area contributed by atoms with Gasteiger partial charge in [0.2, 0.25) is 5.91 Å². The van der Waals surface area contributed by atoms with Crippen molar-refractivity contribution in [1.82, 2.24) is 10.2 Å². The number of hydrogen-bond acceptors (Lipinski definition) is 3. The van der Waals surface area contributed by atoms with E-state index in [1.807, 2.05) is 24.3 Å². The first kappa shape index (κ1) is 25.0. The second kappa shape index (κ2) is 12.6. The topological polar surface area (TPSA) is 58.6 Å². The van der Waals surface area contributed by atoms with Gasteiger partial charge in [-0.25, -0.2) is 0 Å². The number of rotatable bonds is 11. The van der Waals surface area contributed by atoms with E-state index in [1.54, 1.807) is 25.1 Å². The fraction of sp³-hybridized carbons (Fsp3) is 0.417. The quantitative estimate of drug-likeness (QED) is 0.460. The van der Waals surface area contributed by atoms with Crippen LogP contribution in [-0.4, -0.2) is 35.9 Å². The van der Waals surface area contributed by atoms with Gasteiger partial charge < -0.3 is 15.0 Å². The van der Waals surface area contributed by atoms with Crippen LogP contribution in [0.4, 0.5) is 0 Å². The van der Waals surface area contributed by atoms with Crippen LogP contribution in [0.5, 0.6) is 5.75 Å². The maximum atomic E-state index is 13.0. The monoisotopic (exact) mass is 464 g/mol. The van der Waals surface area contributed by atoms with Crippen LogP contribution >= 0.6 is 23.2 Å². The molecule has 2 rings (SSSR count). The first-order chi connectivity index (χ1) is 14.8. The zero-order valence-electron chi connectivity index (χ0n) is 18.3. The Balaban J connectivity index is 2.12. The van der Waals surface area contributed by atoms with E-state index in [9.17, 15) is 9.59 Å². The van der Waals surface area contributed by atoms with Crippen molar-refractivity contribution in [2.45, 2.75) is 52.6 Å². The molecular formula is C24H30Cl2N2O3. The summed E-state index contributed by atoms with van der Waals surface area (Å²) >= 11 is 12.1. The zero-order valence-corrected chi connectivity index (χ0v) is 19.8. The van der Waals surface area contributed by atoms with Crippen LogP contribution in [0.3, 0.4) is 0 Å². The predicted molar refractivity (Wildman–Crippen MR) is 126 cm³/mol. The summed E-state index contributed by atoms with van der Waals surface area (Å²) in [6, 6.07) is 12.1. The maximum absolute atomic E-state index is 13.0. The maximum Gasteiger partial charge on any atom is 0.261 e. The average Bonchev–Trinajstić information content (AvgIpc) is 2.78. The molecule has 0 saturated heterocycles. The molecule has 0 spiro atoms. The number of aryl methyl sites for hydroxylation is 1. The molecule has 168 valence electrons. The van der Waals surface area contributed by atoms with Crippen LogP contribution in [0.1, 0.15) is 44.7 Å². The second-order valence-corrected chi connectivity index (χ2v) is 8.19. The molecule has 7 heteroatoms. The van der Waals surface area contributed by atoms with Crippen LogP contribution in [0.25, 0.3) is 0 Å². The lowest BCUT2D eigenvalue weighted by atomic mass is 10.1. The van der Waals surface area contributed by atoms with Crippen molar-refractivity contribution >= 4 is 35.0 Å². The standard InChI is InChI=1S/C24H30Cl2N2O3/c1-4-6-13-27-24(30)17(3)28(15-19-9-12-21(25)22(26)14-19)23(29)16-31-20-10-7-18(5-2)8-11-20/h7-12,14,17H,4-6,13,15-16H2,1-3H3,(H,27,30)/t17-/m1/s1. The molecule has 0 radical (unpaired) electrons. The summed E-state index contributed by atoms with van der Waals surface area (Å²) in [5.74, 6) is 0.123. The molecule has 1 atom stereocenters. The predicted octanol–water partition coefficient (Wildman–Crippen LogP) is 5.27. The average molecular weight is 465 g/mol. The van der Waals surface area contributed by atoms with Crippen molar-refractivity contribution in [2.75, 3.05) is 13.2 Å². The molecule has 0 aliphatic rings. The highest BCUT2D eigenvalue weighted by atomic mass is 35.5. The van der Waals surface area contributed by atoms with Gasteiger partial charge >= 0.3 is 0 Å². The number of nitrogens with one attached hydrogen (secondary N) is 1. The van der Waals surface area contributed by atoms with Crippen LogP contribution < -0.4 is 10.1 Å². The minimum absolute atomic E-state index is 0.167. The molecule has 0 heterocycles. The first-order valence-electron chi connectivity index (χ1n) is 10.6. The van der Waals surface area contributed by atoms with Gasteiger partial charge in [0.15, 0.2) is 6.61 Å². The van der Waals surface area contributed by atoms with E-state index in [2.05, 4.69) is 19.2 Å². The summed E-state index contributed by atoms with van der Waals surface area (Å²) in [5, 5.41) is 3.73. The molecule has 2 aromatic carbocycles. The zero-order chi connectivity index (χ0) is 22.8. The summed E-state index contributed by atoms with van der Waals surface area (Å²) in [4.78, 5) is 27.2. The van der Waals surface area contributed by atoms with Gasteiger partial charge in [-0.05, 0) is 55.2 Å². The van der Waals surface area contributed by atoms with E-state index in [1.165, 1.54) is 10.5 Å². The van der Waals surface area contributed by atoms with E-state index in [4.69, 9.17) is 27.9 Å². The van der Waals surface area contributed by atoms with Crippen molar-refractivity contribution in [3.05, 3.63) is 63.6 Å². The molecule has 0 unspecified atom stereocenters. The van der Waals surface area contributed by atoms with E-state index >= 15 is 0 Å². The third-order valence-corrected chi connectivity index (χ3v) is 5.77. The second-order valence-electron chi connectivity index (χ2n) is 7.38. The van der Waals surface area contributed by atoms with E-state index in [-0.39, 0.29) is 25.0 Å². The lowest BCUT2D eigenvalue weighted by molar-refractivity contribution is -0.142. The van der Waals surface area contributed by atoms with Gasteiger partial charge in [-0.2, -0.15) is 0 Å². The number of halogens is 2. The summed E-state index contributed by atoms with van der Waals surface area (Å²) in [6.07, 6.45) is 2.79. The minimum Gasteiger partial charge on any atom is -0.484 e. The van der Waals surface area contributed by atoms with Crippen molar-refractivity contribution in [3.8, 4) is 5.75 Å². The molecule has 0 aromatic heterocycles. The van der Waals surface area contributed by atoms with Crippen LogP contribution in [0, 0.1) is 0 Å². The Kier molecular flexibility index (Phi) is 10.2. The van der Waals surface area contributed by atoms with Crippen LogP contribution in [-0.2, 0) is 22.6 Å². The van der Waals surface area contributed by atoms with Gasteiger partial charge in [-0.15, -0.1) is 0 Å². The van der Waals surface area contributed by atoms with Crippen LogP contribution in [0.2, 0.25) is 10.0 Å². The Labute approximate surface area is 194 Å². The van der Waals surface area contributed by atoms with Gasteiger partial charge in [0.05, 0.1) is 10.0 Å². The number of carbonyl (C=O) groups excluding carboxylic acids is 2. The Morgan fingerprint density at radius 3 is 2.32 bits per heavy atom. The van der Waals surface area contributed by atoms with Gasteiger partial charge in [-0.1, -0.05) is 61.7 Å². The largest absolute Gasteiger partial charge is 0.484 e. The Bertz CT molecular complexity index is 872. The summed E-state index contributed by atoms with van der Waals surface area (Å²) in [7, 11) is 0. The SMILES string of the molecule is CCCCNC(=O)[C@@H](C)N(Cc1ccc(Cl)c(Cl)c1)C(=O)COc1ccc(CC)cc1. The first-order valence-corrected chi connectivity index (χ1v) is 11.3. The number of nitrogens with zero attached hydrogens (tertiary/aromatic N) is 1. The molecule has 2 amide bonds. The third-order valence-electron chi connectivity index (χ3n) is 5.03. The van der Waals surface area contributed by atoms with Gasteiger partial charge in [0.1, 0.15) is 11.8 Å². The van der Waals surface area contributed by atoms with Crippen molar-refractivity contribution in [1.29, 1.82) is 0 Å². The van der Waals surface area contributed by atoms with E-state index < -0.39 is 6.04 Å². The number of hydrogen-bond donors (Lipinski definition) is 1. The molecule has 0 aliphatic heterocycles. The molecular weight excluding hydrogens is 435 g/mol. The molecule has 31 heavy (non-hydrogen) atoms. The van der Waals surface area contributed by atoms with Gasteiger partial charge in [0.25, 0.3) is 5.91 Å². The summed E-state index contributed by atoms with van der Waals surface area (Å²) in [5.41, 5.74) is 1.97.